The van der Waals surface area contributed by atoms with E-state index in [2.05, 4.69) is 69.0 Å². The van der Waals surface area contributed by atoms with Gasteiger partial charge in [0, 0.05) is 22.7 Å². The normalized spacial score (nSPS) is 26.9. The van der Waals surface area contributed by atoms with Crippen molar-refractivity contribution in [3.05, 3.63) is 29.8 Å². The van der Waals surface area contributed by atoms with Gasteiger partial charge in [0.25, 0.3) is 0 Å². The lowest BCUT2D eigenvalue weighted by atomic mass is 9.81. The Morgan fingerprint density at radius 3 is 2.40 bits per heavy atom. The highest BCUT2D eigenvalue weighted by Crippen LogP contribution is 2.38. The fraction of sp³-hybridized carbons (Fsp3) is 0.667. The molecule has 1 N–H and O–H groups in total. The molecule has 0 aromatic heterocycles. The van der Waals surface area contributed by atoms with Crippen molar-refractivity contribution < 1.29 is 0 Å². The quantitative estimate of drug-likeness (QED) is 0.810. The molecule has 0 heterocycles. The van der Waals surface area contributed by atoms with E-state index >= 15 is 0 Å². The van der Waals surface area contributed by atoms with Crippen LogP contribution in [0.3, 0.4) is 0 Å². The first kappa shape index (κ1) is 15.9. The lowest BCUT2D eigenvalue weighted by molar-refractivity contribution is 0.283. The van der Waals surface area contributed by atoms with Crippen LogP contribution in [-0.4, -0.2) is 11.3 Å². The fourth-order valence-electron chi connectivity index (χ4n) is 2.81. The Bertz CT molecular complexity index is 398. The molecule has 2 heteroatoms. The molecular formula is C18H29NS. The number of rotatable bonds is 5. The zero-order valence-corrected chi connectivity index (χ0v) is 14.2. The molecule has 2 rings (SSSR count). The van der Waals surface area contributed by atoms with Gasteiger partial charge in [0.05, 0.1) is 0 Å². The number of hydrogen-bond donors (Lipinski definition) is 1. The largest absolute Gasteiger partial charge is 0.310 e. The third kappa shape index (κ3) is 4.82. The first-order chi connectivity index (χ1) is 9.54. The van der Waals surface area contributed by atoms with Crippen LogP contribution in [0.2, 0.25) is 0 Å². The van der Waals surface area contributed by atoms with E-state index in [4.69, 9.17) is 0 Å². The maximum absolute atomic E-state index is 3.47. The van der Waals surface area contributed by atoms with Crippen LogP contribution in [0.15, 0.2) is 29.2 Å². The highest BCUT2D eigenvalue weighted by atomic mass is 32.2. The van der Waals surface area contributed by atoms with Crippen molar-refractivity contribution in [3.8, 4) is 0 Å². The fourth-order valence-corrected chi connectivity index (χ4v) is 4.14. The first-order valence-corrected chi connectivity index (χ1v) is 8.91. The van der Waals surface area contributed by atoms with Crippen LogP contribution < -0.4 is 5.32 Å². The van der Waals surface area contributed by atoms with Crippen molar-refractivity contribution >= 4 is 11.8 Å². The molecule has 0 saturated heterocycles. The minimum Gasteiger partial charge on any atom is -0.310 e. The molecule has 0 spiro atoms. The van der Waals surface area contributed by atoms with Gasteiger partial charge in [-0.05, 0) is 48.8 Å². The summed E-state index contributed by atoms with van der Waals surface area (Å²) in [5, 5.41) is 4.29. The van der Waals surface area contributed by atoms with E-state index in [1.165, 1.54) is 29.7 Å². The van der Waals surface area contributed by atoms with E-state index < -0.39 is 0 Å². The summed E-state index contributed by atoms with van der Waals surface area (Å²) >= 11 is 2.08. The van der Waals surface area contributed by atoms with Gasteiger partial charge in [-0.1, -0.05) is 39.8 Å². The van der Waals surface area contributed by atoms with Gasteiger partial charge in [0.1, 0.15) is 0 Å². The van der Waals surface area contributed by atoms with Crippen LogP contribution >= 0.6 is 11.8 Å². The molecule has 1 aromatic carbocycles. The number of hydrogen-bond acceptors (Lipinski definition) is 2. The topological polar surface area (TPSA) is 12.0 Å². The highest BCUT2D eigenvalue weighted by Gasteiger charge is 2.24. The second-order valence-corrected chi connectivity index (χ2v) is 8.06. The number of benzene rings is 1. The SMILES string of the molecule is CC(C)NCc1ccc(SC2CCC(C)C(C)C2)cc1. The second kappa shape index (κ2) is 7.51. The molecule has 1 saturated carbocycles. The van der Waals surface area contributed by atoms with Crippen LogP contribution in [0.4, 0.5) is 0 Å². The van der Waals surface area contributed by atoms with Crippen LogP contribution in [0.5, 0.6) is 0 Å². The van der Waals surface area contributed by atoms with Gasteiger partial charge in [-0.3, -0.25) is 0 Å². The molecule has 3 unspecified atom stereocenters. The Morgan fingerprint density at radius 1 is 1.10 bits per heavy atom. The molecule has 1 aromatic rings. The van der Waals surface area contributed by atoms with Crippen molar-refractivity contribution in [1.82, 2.24) is 5.32 Å². The third-order valence-electron chi connectivity index (χ3n) is 4.49. The smallest absolute Gasteiger partial charge is 0.0207 e. The number of thioether (sulfide) groups is 1. The van der Waals surface area contributed by atoms with Gasteiger partial charge in [-0.2, -0.15) is 0 Å². The molecular weight excluding hydrogens is 262 g/mol. The number of nitrogens with one attached hydrogen (secondary N) is 1. The van der Waals surface area contributed by atoms with Gasteiger partial charge in [0.15, 0.2) is 0 Å². The Morgan fingerprint density at radius 2 is 1.80 bits per heavy atom. The molecule has 112 valence electrons. The zero-order valence-electron chi connectivity index (χ0n) is 13.4. The molecule has 20 heavy (non-hydrogen) atoms. The maximum Gasteiger partial charge on any atom is 0.0207 e. The van der Waals surface area contributed by atoms with E-state index in [0.717, 1.165) is 23.6 Å². The second-order valence-electron chi connectivity index (χ2n) is 6.69. The molecule has 3 atom stereocenters. The van der Waals surface area contributed by atoms with Crippen molar-refractivity contribution in [1.29, 1.82) is 0 Å². The van der Waals surface area contributed by atoms with Gasteiger partial charge < -0.3 is 5.32 Å². The van der Waals surface area contributed by atoms with Crippen LogP contribution in [-0.2, 0) is 6.54 Å². The van der Waals surface area contributed by atoms with Crippen LogP contribution in [0.25, 0.3) is 0 Å². The standard InChI is InChI=1S/C18H29NS/c1-13(2)19-12-16-6-9-17(10-7-16)20-18-8-5-14(3)15(4)11-18/h6-7,9-10,13-15,18-19H,5,8,11-12H2,1-4H3. The molecule has 0 radical (unpaired) electrons. The van der Waals surface area contributed by atoms with E-state index in [0.29, 0.717) is 6.04 Å². The average molecular weight is 292 g/mol. The Balaban J connectivity index is 1.84. The minimum absolute atomic E-state index is 0.551. The van der Waals surface area contributed by atoms with Crippen molar-refractivity contribution in [2.45, 2.75) is 69.7 Å². The third-order valence-corrected chi connectivity index (χ3v) is 5.80. The molecule has 1 aliphatic carbocycles. The van der Waals surface area contributed by atoms with Crippen LogP contribution in [0.1, 0.15) is 52.5 Å². The Labute approximate surface area is 128 Å². The summed E-state index contributed by atoms with van der Waals surface area (Å²) in [6, 6.07) is 9.68. The molecule has 1 fully saturated rings. The Hall–Kier alpha value is -0.470. The summed E-state index contributed by atoms with van der Waals surface area (Å²) < 4.78 is 0. The summed E-state index contributed by atoms with van der Waals surface area (Å²) in [5.41, 5.74) is 1.38. The first-order valence-electron chi connectivity index (χ1n) is 8.03. The van der Waals surface area contributed by atoms with Gasteiger partial charge in [0.2, 0.25) is 0 Å². The summed E-state index contributed by atoms with van der Waals surface area (Å²) in [4.78, 5) is 1.44. The lowest BCUT2D eigenvalue weighted by Crippen LogP contribution is -2.22. The summed E-state index contributed by atoms with van der Waals surface area (Å²) in [5.74, 6) is 1.80. The van der Waals surface area contributed by atoms with Crippen LogP contribution in [0, 0.1) is 11.8 Å². The summed E-state index contributed by atoms with van der Waals surface area (Å²) in [6.45, 7) is 10.2. The van der Waals surface area contributed by atoms with Gasteiger partial charge >= 0.3 is 0 Å². The average Bonchev–Trinajstić information content (AvgIpc) is 2.42. The van der Waals surface area contributed by atoms with Gasteiger partial charge in [-0.15, -0.1) is 11.8 Å². The predicted molar refractivity (Wildman–Crippen MR) is 90.2 cm³/mol. The lowest BCUT2D eigenvalue weighted by Gasteiger charge is -2.31. The molecule has 1 aliphatic rings. The Kier molecular flexibility index (Phi) is 5.98. The van der Waals surface area contributed by atoms with E-state index in [1.807, 2.05) is 0 Å². The highest BCUT2D eigenvalue weighted by molar-refractivity contribution is 8.00. The van der Waals surface area contributed by atoms with E-state index in [9.17, 15) is 0 Å². The molecule has 0 bridgehead atoms. The van der Waals surface area contributed by atoms with Gasteiger partial charge in [-0.25, -0.2) is 0 Å². The summed E-state index contributed by atoms with van der Waals surface area (Å²) in [7, 11) is 0. The van der Waals surface area contributed by atoms with E-state index in [1.54, 1.807) is 0 Å². The van der Waals surface area contributed by atoms with Crippen molar-refractivity contribution in [3.63, 3.8) is 0 Å². The molecule has 0 aliphatic heterocycles. The maximum atomic E-state index is 3.47. The summed E-state index contributed by atoms with van der Waals surface area (Å²) in [6.07, 6.45) is 4.16. The molecule has 0 amide bonds. The predicted octanol–water partition coefficient (Wildman–Crippen LogP) is 5.10. The van der Waals surface area contributed by atoms with E-state index in [-0.39, 0.29) is 0 Å². The molecule has 1 nitrogen and oxygen atoms in total. The van der Waals surface area contributed by atoms with Crippen molar-refractivity contribution in [2.75, 3.05) is 0 Å². The zero-order chi connectivity index (χ0) is 14.5. The van der Waals surface area contributed by atoms with Crippen molar-refractivity contribution in [2.24, 2.45) is 11.8 Å². The minimum atomic E-state index is 0.551. The monoisotopic (exact) mass is 291 g/mol.